The summed E-state index contributed by atoms with van der Waals surface area (Å²) in [5, 5.41) is 5.54. The smallest absolute Gasteiger partial charge is 0.262 e. The molecule has 0 spiro atoms. The van der Waals surface area contributed by atoms with Crippen LogP contribution in [0.25, 0.3) is 0 Å². The summed E-state index contributed by atoms with van der Waals surface area (Å²) in [6.45, 7) is 3.68. The molecule has 7 heteroatoms. The number of hydrogen-bond acceptors (Lipinski definition) is 5. The van der Waals surface area contributed by atoms with Gasteiger partial charge in [0.25, 0.3) is 5.91 Å². The van der Waals surface area contributed by atoms with Crippen LogP contribution >= 0.6 is 23.4 Å². The minimum Gasteiger partial charge on any atom is -0.492 e. The number of thioether (sulfide) groups is 1. The quantitative estimate of drug-likeness (QED) is 0.136. The van der Waals surface area contributed by atoms with Crippen molar-refractivity contribution < 1.29 is 14.3 Å². The molecule has 0 aromatic heterocycles. The maximum Gasteiger partial charge on any atom is 0.262 e. The molecule has 0 aliphatic carbocycles. The fourth-order valence-corrected chi connectivity index (χ4v) is 5.73. The molecule has 226 valence electrons. The van der Waals surface area contributed by atoms with Crippen molar-refractivity contribution in [3.8, 4) is 11.5 Å². The number of anilines is 1. The van der Waals surface area contributed by atoms with Crippen LogP contribution in [-0.2, 0) is 11.3 Å². The number of carbonyl (C=O) groups is 1. The maximum atomic E-state index is 12.4. The summed E-state index contributed by atoms with van der Waals surface area (Å²) in [6, 6.07) is 13.2. The van der Waals surface area contributed by atoms with E-state index in [-0.39, 0.29) is 12.5 Å². The number of rotatable bonds is 22. The van der Waals surface area contributed by atoms with Crippen molar-refractivity contribution >= 4 is 35.0 Å². The Labute approximate surface area is 257 Å². The molecule has 5 nitrogen and oxygen atoms in total. The van der Waals surface area contributed by atoms with Gasteiger partial charge in [0.1, 0.15) is 11.5 Å². The lowest BCUT2D eigenvalue weighted by Gasteiger charge is -2.15. The highest BCUT2D eigenvalue weighted by Gasteiger charge is 2.09. The highest BCUT2D eigenvalue weighted by Crippen LogP contribution is 2.29. The Balaban J connectivity index is 1.22. The van der Waals surface area contributed by atoms with E-state index in [9.17, 15) is 4.79 Å². The molecule has 0 unspecified atom stereocenters. The second-order valence-electron chi connectivity index (χ2n) is 10.9. The Morgan fingerprint density at radius 1 is 0.854 bits per heavy atom. The van der Waals surface area contributed by atoms with Crippen molar-refractivity contribution in [3.05, 3.63) is 64.7 Å². The molecule has 0 atom stereocenters. The molecule has 1 heterocycles. The lowest BCUT2D eigenvalue weighted by atomic mass is 10.0. The van der Waals surface area contributed by atoms with Gasteiger partial charge in [-0.2, -0.15) is 0 Å². The minimum atomic E-state index is -0.212. The van der Waals surface area contributed by atoms with E-state index in [4.69, 9.17) is 21.1 Å². The van der Waals surface area contributed by atoms with E-state index in [0.29, 0.717) is 23.1 Å². The summed E-state index contributed by atoms with van der Waals surface area (Å²) < 4.78 is 11.6. The highest BCUT2D eigenvalue weighted by molar-refractivity contribution is 8.02. The first-order valence-electron chi connectivity index (χ1n) is 15.6. The van der Waals surface area contributed by atoms with Crippen LogP contribution in [0.15, 0.2) is 54.1 Å². The Morgan fingerprint density at radius 2 is 1.49 bits per heavy atom. The van der Waals surface area contributed by atoms with E-state index < -0.39 is 0 Å². The van der Waals surface area contributed by atoms with Crippen LogP contribution < -0.4 is 14.8 Å². The SMILES string of the molecule is CCCCCCCCCCCCCCCCOc1cc(OCC(=O)Nc2ccc(CN3C=CSC3)cc2)ccc1Cl. The van der Waals surface area contributed by atoms with Crippen LogP contribution in [0.1, 0.15) is 102 Å². The van der Waals surface area contributed by atoms with Crippen LogP contribution in [-0.4, -0.2) is 29.9 Å². The lowest BCUT2D eigenvalue weighted by molar-refractivity contribution is -0.118. The van der Waals surface area contributed by atoms with Crippen LogP contribution in [0.4, 0.5) is 5.69 Å². The summed E-state index contributed by atoms with van der Waals surface area (Å²) in [5.41, 5.74) is 1.95. The molecular weight excluding hydrogens is 552 g/mol. The monoisotopic (exact) mass is 600 g/mol. The summed E-state index contributed by atoms with van der Waals surface area (Å²) in [4.78, 5) is 14.7. The fourth-order valence-electron chi connectivity index (χ4n) is 4.85. The van der Waals surface area contributed by atoms with E-state index in [2.05, 4.69) is 28.7 Å². The molecule has 0 radical (unpaired) electrons. The zero-order valence-corrected chi connectivity index (χ0v) is 26.5. The molecule has 41 heavy (non-hydrogen) atoms. The number of benzene rings is 2. The lowest BCUT2D eigenvalue weighted by Crippen LogP contribution is -2.20. The van der Waals surface area contributed by atoms with Gasteiger partial charge in [0.2, 0.25) is 0 Å². The molecule has 0 saturated carbocycles. The summed E-state index contributed by atoms with van der Waals surface area (Å²) >= 11 is 8.12. The number of amides is 1. The first kappa shape index (κ1) is 33.2. The van der Waals surface area contributed by atoms with Gasteiger partial charge in [-0.15, -0.1) is 11.8 Å². The molecule has 1 amide bonds. The third kappa shape index (κ3) is 14.4. The van der Waals surface area contributed by atoms with E-state index in [1.807, 2.05) is 24.3 Å². The number of hydrogen-bond donors (Lipinski definition) is 1. The van der Waals surface area contributed by atoms with Crippen molar-refractivity contribution in [1.82, 2.24) is 4.90 Å². The zero-order chi connectivity index (χ0) is 29.0. The highest BCUT2D eigenvalue weighted by atomic mass is 35.5. The van der Waals surface area contributed by atoms with Crippen molar-refractivity contribution in [2.45, 2.75) is 103 Å². The van der Waals surface area contributed by atoms with E-state index >= 15 is 0 Å². The average Bonchev–Trinajstić information content (AvgIpc) is 3.49. The van der Waals surface area contributed by atoms with Crippen molar-refractivity contribution in [2.24, 2.45) is 0 Å². The third-order valence-electron chi connectivity index (χ3n) is 7.26. The second-order valence-corrected chi connectivity index (χ2v) is 12.2. The van der Waals surface area contributed by atoms with Crippen LogP contribution in [0, 0.1) is 0 Å². The molecule has 2 aromatic rings. The molecule has 1 N–H and O–H groups in total. The maximum absolute atomic E-state index is 12.4. The van der Waals surface area contributed by atoms with E-state index in [1.54, 1.807) is 30.0 Å². The molecule has 3 rings (SSSR count). The van der Waals surface area contributed by atoms with Crippen molar-refractivity contribution in [1.29, 1.82) is 0 Å². The van der Waals surface area contributed by atoms with Gasteiger partial charge in [0.05, 0.1) is 17.5 Å². The first-order valence-corrected chi connectivity index (χ1v) is 17.0. The first-order chi connectivity index (χ1) is 20.1. The van der Waals surface area contributed by atoms with E-state index in [0.717, 1.165) is 24.5 Å². The average molecular weight is 601 g/mol. The van der Waals surface area contributed by atoms with Gasteiger partial charge < -0.3 is 19.7 Å². The van der Waals surface area contributed by atoms with Crippen LogP contribution in [0.2, 0.25) is 5.02 Å². The molecule has 0 bridgehead atoms. The van der Waals surface area contributed by atoms with Gasteiger partial charge in [-0.05, 0) is 41.7 Å². The number of nitrogens with zero attached hydrogens (tertiary/aromatic N) is 1. The topological polar surface area (TPSA) is 50.8 Å². The number of ether oxygens (including phenoxy) is 2. The Kier molecular flexibility index (Phi) is 16.6. The van der Waals surface area contributed by atoms with Gasteiger partial charge in [-0.25, -0.2) is 0 Å². The van der Waals surface area contributed by atoms with Crippen LogP contribution in [0.3, 0.4) is 0 Å². The normalized spacial score (nSPS) is 12.6. The van der Waals surface area contributed by atoms with Crippen molar-refractivity contribution in [3.63, 3.8) is 0 Å². The Hall–Kier alpha value is -2.31. The van der Waals surface area contributed by atoms with Gasteiger partial charge in [0, 0.05) is 24.5 Å². The zero-order valence-electron chi connectivity index (χ0n) is 24.9. The minimum absolute atomic E-state index is 0.0857. The van der Waals surface area contributed by atoms with Gasteiger partial charge >= 0.3 is 0 Å². The Bertz CT molecular complexity index is 1030. The second kappa shape index (κ2) is 20.5. The number of nitrogens with one attached hydrogen (secondary N) is 1. The standard InChI is InChI=1S/C34H49ClN2O3S/c1-2-3-4-5-6-7-8-9-10-11-12-13-14-15-23-39-33-25-31(20-21-32(33)35)40-27-34(38)36-30-18-16-29(17-19-30)26-37-22-24-41-28-37/h16-22,24-25H,2-15,23,26-28H2,1H3,(H,36,38). The van der Waals surface area contributed by atoms with Gasteiger partial charge in [-0.3, -0.25) is 4.79 Å². The largest absolute Gasteiger partial charge is 0.492 e. The molecule has 2 aromatic carbocycles. The van der Waals surface area contributed by atoms with E-state index in [1.165, 1.54) is 89.0 Å². The summed E-state index contributed by atoms with van der Waals surface area (Å²) in [7, 11) is 0. The summed E-state index contributed by atoms with van der Waals surface area (Å²) in [5.74, 6) is 1.93. The number of carbonyl (C=O) groups excluding carboxylic acids is 1. The number of unbranched alkanes of at least 4 members (excludes halogenated alkanes) is 13. The van der Waals surface area contributed by atoms with Crippen molar-refractivity contribution in [2.75, 3.05) is 24.4 Å². The predicted molar refractivity (Wildman–Crippen MR) is 175 cm³/mol. The number of halogens is 1. The molecule has 0 saturated heterocycles. The summed E-state index contributed by atoms with van der Waals surface area (Å²) in [6.07, 6.45) is 20.7. The molecular formula is C34H49ClN2O3S. The van der Waals surface area contributed by atoms with Gasteiger partial charge in [0.15, 0.2) is 6.61 Å². The molecule has 1 aliphatic rings. The van der Waals surface area contributed by atoms with Gasteiger partial charge in [-0.1, -0.05) is 114 Å². The molecule has 0 fully saturated rings. The third-order valence-corrected chi connectivity index (χ3v) is 8.37. The predicted octanol–water partition coefficient (Wildman–Crippen LogP) is 10.2. The van der Waals surface area contributed by atoms with Crippen LogP contribution in [0.5, 0.6) is 11.5 Å². The fraction of sp³-hybridized carbons (Fsp3) is 0.559. The molecule has 1 aliphatic heterocycles. The Morgan fingerprint density at radius 3 is 2.10 bits per heavy atom.